The molecule has 0 bridgehead atoms. The molecular formula is C22H35NO3. The van der Waals surface area contributed by atoms with Crippen molar-refractivity contribution in [3.8, 4) is 0 Å². The van der Waals surface area contributed by atoms with E-state index in [-0.39, 0.29) is 34.6 Å². The molecule has 0 heterocycles. The summed E-state index contributed by atoms with van der Waals surface area (Å²) in [5.41, 5.74) is 1.55. The number of fused-ring (bicyclic) bond motifs is 5. The molecule has 0 aliphatic heterocycles. The molecule has 3 N–H and O–H groups in total. The lowest BCUT2D eigenvalue weighted by atomic mass is 9.43. The van der Waals surface area contributed by atoms with Crippen molar-refractivity contribution < 1.29 is 15.0 Å². The van der Waals surface area contributed by atoms with Gasteiger partial charge in [-0.25, -0.2) is 0 Å². The minimum atomic E-state index is -0.686. The van der Waals surface area contributed by atoms with E-state index in [0.717, 1.165) is 44.9 Å². The van der Waals surface area contributed by atoms with Crippen LogP contribution in [0.25, 0.3) is 0 Å². The quantitative estimate of drug-likeness (QED) is 0.629. The van der Waals surface area contributed by atoms with E-state index in [1.807, 2.05) is 0 Å². The van der Waals surface area contributed by atoms with E-state index in [2.05, 4.69) is 25.7 Å². The topological polar surface area (TPSA) is 69.6 Å². The third kappa shape index (κ3) is 2.44. The summed E-state index contributed by atoms with van der Waals surface area (Å²) in [6, 6.07) is 0.129. The number of nitrogens with one attached hydrogen (secondary N) is 1. The highest BCUT2D eigenvalue weighted by Crippen LogP contribution is 2.67. The number of carbonyl (C=O) groups is 1. The van der Waals surface area contributed by atoms with Crippen molar-refractivity contribution in [3.63, 3.8) is 0 Å². The van der Waals surface area contributed by atoms with E-state index >= 15 is 0 Å². The largest absolute Gasteiger partial charge is 0.390 e. The highest BCUT2D eigenvalue weighted by Gasteiger charge is 2.63. The van der Waals surface area contributed by atoms with E-state index in [0.29, 0.717) is 11.8 Å². The van der Waals surface area contributed by atoms with Gasteiger partial charge in [-0.3, -0.25) is 4.79 Å². The number of amides is 1. The van der Waals surface area contributed by atoms with Crippen LogP contribution in [0, 0.1) is 34.5 Å². The molecule has 0 spiro atoms. The van der Waals surface area contributed by atoms with Crippen LogP contribution >= 0.6 is 0 Å². The van der Waals surface area contributed by atoms with Crippen LogP contribution in [0.3, 0.4) is 0 Å². The Kier molecular flexibility index (Phi) is 4.31. The van der Waals surface area contributed by atoms with Crippen molar-refractivity contribution in [2.24, 2.45) is 34.5 Å². The summed E-state index contributed by atoms with van der Waals surface area (Å²) in [5.74, 6) is 1.16. The van der Waals surface area contributed by atoms with Gasteiger partial charge in [0.05, 0.1) is 12.2 Å². The van der Waals surface area contributed by atoms with Gasteiger partial charge >= 0.3 is 0 Å². The van der Waals surface area contributed by atoms with Crippen molar-refractivity contribution >= 4 is 5.91 Å². The maximum absolute atomic E-state index is 11.5. The lowest BCUT2D eigenvalue weighted by molar-refractivity contribution is -0.211. The van der Waals surface area contributed by atoms with Crippen LogP contribution in [0.15, 0.2) is 12.2 Å². The average Bonchev–Trinajstić information content (AvgIpc) is 2.88. The molecule has 146 valence electrons. The first-order valence-corrected chi connectivity index (χ1v) is 10.5. The van der Waals surface area contributed by atoms with Gasteiger partial charge in [-0.05, 0) is 79.4 Å². The number of carbonyl (C=O) groups excluding carboxylic acids is 1. The molecule has 0 aromatic heterocycles. The van der Waals surface area contributed by atoms with Crippen LogP contribution in [-0.2, 0) is 4.79 Å². The van der Waals surface area contributed by atoms with Crippen LogP contribution < -0.4 is 5.32 Å². The maximum atomic E-state index is 11.5. The van der Waals surface area contributed by atoms with Crippen LogP contribution in [0.4, 0.5) is 0 Å². The van der Waals surface area contributed by atoms with Gasteiger partial charge in [-0.1, -0.05) is 26.0 Å². The van der Waals surface area contributed by atoms with Gasteiger partial charge in [0.15, 0.2) is 0 Å². The third-order valence-corrected chi connectivity index (χ3v) is 9.12. The third-order valence-electron chi connectivity index (χ3n) is 9.12. The van der Waals surface area contributed by atoms with E-state index in [9.17, 15) is 15.0 Å². The second kappa shape index (κ2) is 6.07. The average molecular weight is 362 g/mol. The summed E-state index contributed by atoms with van der Waals surface area (Å²) in [5, 5.41) is 25.3. The lowest BCUT2D eigenvalue weighted by Gasteiger charge is -2.63. The van der Waals surface area contributed by atoms with E-state index in [4.69, 9.17) is 0 Å². The Labute approximate surface area is 157 Å². The molecule has 0 radical (unpaired) electrons. The Bertz CT molecular complexity index is 619. The minimum Gasteiger partial charge on any atom is -0.390 e. The summed E-state index contributed by atoms with van der Waals surface area (Å²) in [6.07, 6.45) is 5.92. The molecule has 9 atom stereocenters. The highest BCUT2D eigenvalue weighted by molar-refractivity contribution is 5.73. The van der Waals surface area contributed by atoms with Gasteiger partial charge in [0.1, 0.15) is 0 Å². The second-order valence-corrected chi connectivity index (χ2v) is 10.2. The van der Waals surface area contributed by atoms with Crippen molar-refractivity contribution in [3.05, 3.63) is 12.2 Å². The minimum absolute atomic E-state index is 0.000211. The molecule has 4 rings (SSSR count). The molecule has 4 saturated carbocycles. The van der Waals surface area contributed by atoms with Crippen molar-refractivity contribution in [2.75, 3.05) is 0 Å². The molecule has 4 nitrogen and oxygen atoms in total. The first-order chi connectivity index (χ1) is 12.2. The first kappa shape index (κ1) is 18.5. The molecule has 4 heteroatoms. The Morgan fingerprint density at radius 2 is 1.81 bits per heavy atom. The predicted octanol–water partition coefficient (Wildman–Crippen LogP) is 3.03. The van der Waals surface area contributed by atoms with Crippen LogP contribution in [0.2, 0.25) is 0 Å². The number of allylic oxidation sites excluding steroid dienone is 1. The SMILES string of the molecule is C=C1CC[C@H]2[C@@H]3[C@@H](O)[C@H](O)[C@H]4C[C@@H](NC(C)=O)CC[C@]4(C)[C@H]3CC[C@]12C. The van der Waals surface area contributed by atoms with Crippen molar-refractivity contribution in [2.45, 2.75) is 84.0 Å². The predicted molar refractivity (Wildman–Crippen MR) is 101 cm³/mol. The molecular weight excluding hydrogens is 326 g/mol. The molecule has 26 heavy (non-hydrogen) atoms. The summed E-state index contributed by atoms with van der Waals surface area (Å²) < 4.78 is 0. The van der Waals surface area contributed by atoms with Crippen LogP contribution in [-0.4, -0.2) is 34.4 Å². The Morgan fingerprint density at radius 1 is 1.08 bits per heavy atom. The Morgan fingerprint density at radius 3 is 2.50 bits per heavy atom. The molecule has 4 aliphatic carbocycles. The van der Waals surface area contributed by atoms with Gasteiger partial charge in [-0.2, -0.15) is 0 Å². The fraction of sp³-hybridized carbons (Fsp3) is 0.864. The molecule has 0 aromatic carbocycles. The van der Waals surface area contributed by atoms with Gasteiger partial charge in [0, 0.05) is 13.0 Å². The summed E-state index contributed by atoms with van der Waals surface area (Å²) >= 11 is 0. The molecule has 0 aromatic rings. The van der Waals surface area contributed by atoms with Gasteiger partial charge < -0.3 is 15.5 Å². The number of aliphatic hydroxyl groups is 2. The van der Waals surface area contributed by atoms with Crippen LogP contribution in [0.1, 0.15) is 65.7 Å². The maximum Gasteiger partial charge on any atom is 0.217 e. The molecule has 1 amide bonds. The van der Waals surface area contributed by atoms with E-state index in [1.165, 1.54) is 5.57 Å². The van der Waals surface area contributed by atoms with Gasteiger partial charge in [0.2, 0.25) is 5.91 Å². The zero-order valence-electron chi connectivity index (χ0n) is 16.5. The number of rotatable bonds is 1. The number of hydrogen-bond acceptors (Lipinski definition) is 3. The number of hydrogen-bond donors (Lipinski definition) is 3. The second-order valence-electron chi connectivity index (χ2n) is 10.2. The normalized spacial score (nSPS) is 53.4. The zero-order valence-corrected chi connectivity index (χ0v) is 16.5. The fourth-order valence-corrected chi connectivity index (χ4v) is 7.59. The van der Waals surface area contributed by atoms with Crippen LogP contribution in [0.5, 0.6) is 0 Å². The number of aliphatic hydroxyl groups excluding tert-OH is 2. The van der Waals surface area contributed by atoms with Crippen molar-refractivity contribution in [1.29, 1.82) is 0 Å². The van der Waals surface area contributed by atoms with Gasteiger partial charge in [-0.15, -0.1) is 0 Å². The molecule has 4 aliphatic rings. The Balaban J connectivity index is 1.64. The fourth-order valence-electron chi connectivity index (χ4n) is 7.59. The summed E-state index contributed by atoms with van der Waals surface area (Å²) in [4.78, 5) is 11.5. The zero-order chi connectivity index (χ0) is 18.9. The summed E-state index contributed by atoms with van der Waals surface area (Å²) in [7, 11) is 0. The smallest absolute Gasteiger partial charge is 0.217 e. The Hall–Kier alpha value is -0.870. The van der Waals surface area contributed by atoms with Crippen molar-refractivity contribution in [1.82, 2.24) is 5.32 Å². The van der Waals surface area contributed by atoms with E-state index < -0.39 is 12.2 Å². The lowest BCUT2D eigenvalue weighted by Crippen LogP contribution is -2.64. The van der Waals surface area contributed by atoms with E-state index in [1.54, 1.807) is 6.92 Å². The molecule has 4 fully saturated rings. The highest BCUT2D eigenvalue weighted by atomic mass is 16.3. The standard InChI is InChI=1S/C22H35NO3/c1-12-5-6-15-18-16(8-10-21(12,15)3)22(4)9-7-14(23-13(2)24)11-17(22)19(25)20(18)26/h14-20,25-26H,1,5-11H2,2-4H3,(H,23,24)/t14-,15-,16-,17+,18-,19+,20+,21+,22+/m0/s1. The first-order valence-electron chi connectivity index (χ1n) is 10.5. The molecule has 0 saturated heterocycles. The monoisotopic (exact) mass is 361 g/mol. The molecule has 0 unspecified atom stereocenters. The van der Waals surface area contributed by atoms with Gasteiger partial charge in [0.25, 0.3) is 0 Å². The summed E-state index contributed by atoms with van der Waals surface area (Å²) in [6.45, 7) is 10.6.